The molecule has 0 unspecified atom stereocenters. The van der Waals surface area contributed by atoms with E-state index in [0.717, 1.165) is 24.1 Å². The first kappa shape index (κ1) is 20.6. The Morgan fingerprint density at radius 2 is 1.86 bits per heavy atom. The van der Waals surface area contributed by atoms with E-state index in [9.17, 15) is 13.2 Å². The fourth-order valence-electron chi connectivity index (χ4n) is 4.32. The first-order chi connectivity index (χ1) is 13.9. The van der Waals surface area contributed by atoms with Crippen molar-refractivity contribution in [3.8, 4) is 0 Å². The van der Waals surface area contributed by atoms with Crippen LogP contribution in [-0.4, -0.2) is 31.7 Å². The minimum atomic E-state index is -3.50. The first-order valence-corrected chi connectivity index (χ1v) is 12.7. The SMILES string of the molecule is C[C@@H](NC(=O)C1CCN(S(=O)(=O)c2ccc3c(c2)CCCC3)CC1)c1cccs1. The van der Waals surface area contributed by atoms with Crippen molar-refractivity contribution in [3.63, 3.8) is 0 Å². The Morgan fingerprint density at radius 1 is 1.14 bits per heavy atom. The molecule has 1 amide bonds. The summed E-state index contributed by atoms with van der Waals surface area (Å²) in [5, 5.41) is 5.08. The summed E-state index contributed by atoms with van der Waals surface area (Å²) in [7, 11) is -3.50. The van der Waals surface area contributed by atoms with Gasteiger partial charge in [0.25, 0.3) is 0 Å². The minimum Gasteiger partial charge on any atom is -0.349 e. The van der Waals surface area contributed by atoms with Crippen LogP contribution in [0.4, 0.5) is 0 Å². The van der Waals surface area contributed by atoms with Gasteiger partial charge in [-0.05, 0) is 80.2 Å². The van der Waals surface area contributed by atoms with Gasteiger partial charge >= 0.3 is 0 Å². The van der Waals surface area contributed by atoms with E-state index in [2.05, 4.69) is 5.32 Å². The molecule has 1 aromatic heterocycles. The monoisotopic (exact) mass is 432 g/mol. The highest BCUT2D eigenvalue weighted by Crippen LogP contribution is 2.28. The predicted octanol–water partition coefficient (Wildman–Crippen LogP) is 3.91. The number of nitrogens with one attached hydrogen (secondary N) is 1. The molecule has 0 bridgehead atoms. The predicted molar refractivity (Wildman–Crippen MR) is 115 cm³/mol. The van der Waals surface area contributed by atoms with Crippen molar-refractivity contribution in [2.45, 2.75) is 56.4 Å². The Kier molecular flexibility index (Phi) is 6.08. The number of thiophene rings is 1. The maximum Gasteiger partial charge on any atom is 0.243 e. The molecule has 1 atom stereocenters. The number of aryl methyl sites for hydroxylation is 2. The number of amides is 1. The number of fused-ring (bicyclic) bond motifs is 1. The van der Waals surface area contributed by atoms with Crippen molar-refractivity contribution in [3.05, 3.63) is 51.7 Å². The summed E-state index contributed by atoms with van der Waals surface area (Å²) in [6, 6.07) is 9.58. The topological polar surface area (TPSA) is 66.5 Å². The van der Waals surface area contributed by atoms with Crippen molar-refractivity contribution < 1.29 is 13.2 Å². The van der Waals surface area contributed by atoms with Gasteiger partial charge in [0.2, 0.25) is 15.9 Å². The maximum absolute atomic E-state index is 13.1. The molecule has 1 saturated heterocycles. The highest BCUT2D eigenvalue weighted by molar-refractivity contribution is 7.89. The van der Waals surface area contributed by atoms with Crippen LogP contribution < -0.4 is 5.32 Å². The summed E-state index contributed by atoms with van der Waals surface area (Å²) < 4.78 is 27.8. The molecular formula is C22H28N2O3S2. The van der Waals surface area contributed by atoms with Crippen molar-refractivity contribution in [2.24, 2.45) is 5.92 Å². The average molecular weight is 433 g/mol. The van der Waals surface area contributed by atoms with Gasteiger partial charge in [0, 0.05) is 23.9 Å². The van der Waals surface area contributed by atoms with Crippen LogP contribution in [0.2, 0.25) is 0 Å². The molecule has 1 aromatic carbocycles. The van der Waals surface area contributed by atoms with E-state index < -0.39 is 10.0 Å². The van der Waals surface area contributed by atoms with E-state index >= 15 is 0 Å². The highest BCUT2D eigenvalue weighted by atomic mass is 32.2. The average Bonchev–Trinajstić information content (AvgIpc) is 3.28. The number of rotatable bonds is 5. The second-order valence-corrected chi connectivity index (χ2v) is 11.0. The minimum absolute atomic E-state index is 0.0141. The van der Waals surface area contributed by atoms with E-state index in [0.29, 0.717) is 30.8 Å². The molecule has 1 aliphatic heterocycles. The molecular weight excluding hydrogens is 404 g/mol. The molecule has 1 fully saturated rings. The van der Waals surface area contributed by atoms with E-state index in [1.54, 1.807) is 21.7 Å². The number of benzene rings is 1. The van der Waals surface area contributed by atoms with Crippen LogP contribution in [0.5, 0.6) is 0 Å². The summed E-state index contributed by atoms with van der Waals surface area (Å²) in [5.41, 5.74) is 2.46. The molecule has 5 nitrogen and oxygen atoms in total. The van der Waals surface area contributed by atoms with E-state index in [1.807, 2.05) is 36.6 Å². The van der Waals surface area contributed by atoms with Gasteiger partial charge in [0.15, 0.2) is 0 Å². The second kappa shape index (κ2) is 8.58. The molecule has 0 saturated carbocycles. The normalized spacial score (nSPS) is 19.5. The Labute approximate surface area is 177 Å². The van der Waals surface area contributed by atoms with E-state index in [4.69, 9.17) is 0 Å². The Bertz CT molecular complexity index is 962. The number of hydrogen-bond acceptors (Lipinski definition) is 4. The molecule has 29 heavy (non-hydrogen) atoms. The van der Waals surface area contributed by atoms with Crippen LogP contribution in [-0.2, 0) is 27.7 Å². The zero-order chi connectivity index (χ0) is 20.4. The number of carbonyl (C=O) groups is 1. The molecule has 1 N–H and O–H groups in total. The largest absolute Gasteiger partial charge is 0.349 e. The molecule has 156 valence electrons. The van der Waals surface area contributed by atoms with Gasteiger partial charge in [-0.25, -0.2) is 8.42 Å². The van der Waals surface area contributed by atoms with Crippen molar-refractivity contribution in [2.75, 3.05) is 13.1 Å². The third kappa shape index (κ3) is 4.42. The van der Waals surface area contributed by atoms with Gasteiger partial charge in [0.05, 0.1) is 10.9 Å². The van der Waals surface area contributed by atoms with Crippen LogP contribution in [0.25, 0.3) is 0 Å². The summed E-state index contributed by atoms with van der Waals surface area (Å²) in [6.45, 7) is 2.77. The van der Waals surface area contributed by atoms with Crippen molar-refractivity contribution in [1.82, 2.24) is 9.62 Å². The summed E-state index contributed by atoms with van der Waals surface area (Å²) in [4.78, 5) is 14.1. The molecule has 0 spiro atoms. The molecule has 2 aliphatic rings. The Balaban J connectivity index is 1.38. The summed E-state index contributed by atoms with van der Waals surface area (Å²) in [5.74, 6) is -0.107. The lowest BCUT2D eigenvalue weighted by atomic mass is 9.92. The number of piperidine rings is 1. The zero-order valence-electron chi connectivity index (χ0n) is 16.8. The lowest BCUT2D eigenvalue weighted by Gasteiger charge is -2.31. The van der Waals surface area contributed by atoms with Crippen LogP contribution in [0.3, 0.4) is 0 Å². The number of sulfonamides is 1. The number of carbonyl (C=O) groups excluding carboxylic acids is 1. The van der Waals surface area contributed by atoms with Crippen molar-refractivity contribution in [1.29, 1.82) is 0 Å². The molecule has 2 heterocycles. The Hall–Kier alpha value is -1.70. The molecule has 4 rings (SSSR count). The van der Waals surface area contributed by atoms with E-state index in [-0.39, 0.29) is 17.9 Å². The Morgan fingerprint density at radius 3 is 2.55 bits per heavy atom. The van der Waals surface area contributed by atoms with Crippen molar-refractivity contribution >= 4 is 27.3 Å². The van der Waals surface area contributed by atoms with Crippen LogP contribution in [0.15, 0.2) is 40.6 Å². The summed E-state index contributed by atoms with van der Waals surface area (Å²) >= 11 is 1.63. The second-order valence-electron chi connectivity index (χ2n) is 8.06. The van der Waals surface area contributed by atoms with Crippen LogP contribution in [0, 0.1) is 5.92 Å². The van der Waals surface area contributed by atoms with Crippen LogP contribution in [0.1, 0.15) is 54.7 Å². The van der Waals surface area contributed by atoms with Crippen LogP contribution >= 0.6 is 11.3 Å². The smallest absolute Gasteiger partial charge is 0.243 e. The first-order valence-electron chi connectivity index (χ1n) is 10.4. The fourth-order valence-corrected chi connectivity index (χ4v) is 6.57. The number of hydrogen-bond donors (Lipinski definition) is 1. The lowest BCUT2D eigenvalue weighted by molar-refractivity contribution is -0.126. The number of nitrogens with zero attached hydrogens (tertiary/aromatic N) is 1. The molecule has 0 radical (unpaired) electrons. The molecule has 7 heteroatoms. The van der Waals surface area contributed by atoms with Gasteiger partial charge in [-0.1, -0.05) is 12.1 Å². The fraction of sp³-hybridized carbons (Fsp3) is 0.500. The van der Waals surface area contributed by atoms with Gasteiger partial charge in [0.1, 0.15) is 0 Å². The van der Waals surface area contributed by atoms with Gasteiger partial charge in [-0.2, -0.15) is 4.31 Å². The third-order valence-electron chi connectivity index (χ3n) is 6.11. The standard InChI is InChI=1S/C22H28N2O3S2/c1-16(21-7-4-14-28-21)23-22(25)18-10-12-24(13-11-18)29(26,27)20-9-8-17-5-2-3-6-19(17)15-20/h4,7-9,14-16,18H,2-3,5-6,10-13H2,1H3,(H,23,25)/t16-/m1/s1. The third-order valence-corrected chi connectivity index (χ3v) is 9.06. The van der Waals surface area contributed by atoms with E-state index in [1.165, 1.54) is 17.5 Å². The quantitative estimate of drug-likeness (QED) is 0.779. The maximum atomic E-state index is 13.1. The lowest BCUT2D eigenvalue weighted by Crippen LogP contribution is -2.43. The van der Waals surface area contributed by atoms with Gasteiger partial charge < -0.3 is 5.32 Å². The zero-order valence-corrected chi connectivity index (χ0v) is 18.4. The highest BCUT2D eigenvalue weighted by Gasteiger charge is 2.33. The summed E-state index contributed by atoms with van der Waals surface area (Å²) in [6.07, 6.45) is 5.43. The molecule has 1 aliphatic carbocycles. The van der Waals surface area contributed by atoms with Gasteiger partial charge in [-0.15, -0.1) is 11.3 Å². The molecule has 2 aromatic rings. The van der Waals surface area contributed by atoms with Gasteiger partial charge in [-0.3, -0.25) is 4.79 Å².